The SMILES string of the molecule is CCc1cc(NCc2nc(COC)no2)n2nc(C)c(C)c2n1. The summed E-state index contributed by atoms with van der Waals surface area (Å²) in [6.45, 7) is 6.84. The number of rotatable bonds is 6. The Kier molecular flexibility index (Phi) is 4.24. The summed E-state index contributed by atoms with van der Waals surface area (Å²) < 4.78 is 12.0. The van der Waals surface area contributed by atoms with Crippen molar-refractivity contribution in [3.05, 3.63) is 34.7 Å². The first kappa shape index (κ1) is 15.4. The van der Waals surface area contributed by atoms with Gasteiger partial charge in [-0.2, -0.15) is 14.6 Å². The Morgan fingerprint density at radius 2 is 2.13 bits per heavy atom. The van der Waals surface area contributed by atoms with E-state index in [-0.39, 0.29) is 0 Å². The highest BCUT2D eigenvalue weighted by Gasteiger charge is 2.13. The number of methoxy groups -OCH3 is 1. The van der Waals surface area contributed by atoms with Crippen molar-refractivity contribution in [2.45, 2.75) is 40.3 Å². The summed E-state index contributed by atoms with van der Waals surface area (Å²) >= 11 is 0. The van der Waals surface area contributed by atoms with Gasteiger partial charge in [0, 0.05) is 24.4 Å². The van der Waals surface area contributed by atoms with Crippen molar-refractivity contribution in [1.29, 1.82) is 0 Å². The van der Waals surface area contributed by atoms with Crippen LogP contribution < -0.4 is 5.32 Å². The van der Waals surface area contributed by atoms with E-state index in [1.165, 1.54) is 0 Å². The van der Waals surface area contributed by atoms with Crippen LogP contribution in [0.2, 0.25) is 0 Å². The Hall–Kier alpha value is -2.48. The second-order valence-corrected chi connectivity index (χ2v) is 5.32. The fourth-order valence-electron chi connectivity index (χ4n) is 2.30. The van der Waals surface area contributed by atoms with Crippen molar-refractivity contribution in [2.24, 2.45) is 0 Å². The van der Waals surface area contributed by atoms with Gasteiger partial charge in [-0.1, -0.05) is 12.1 Å². The summed E-state index contributed by atoms with van der Waals surface area (Å²) in [5, 5.41) is 11.7. The molecule has 0 bridgehead atoms. The molecule has 3 aromatic rings. The van der Waals surface area contributed by atoms with Gasteiger partial charge in [0.2, 0.25) is 5.89 Å². The van der Waals surface area contributed by atoms with Crippen LogP contribution >= 0.6 is 0 Å². The van der Waals surface area contributed by atoms with Crippen LogP contribution in [0.5, 0.6) is 0 Å². The van der Waals surface area contributed by atoms with E-state index in [1.54, 1.807) is 7.11 Å². The zero-order chi connectivity index (χ0) is 16.4. The summed E-state index contributed by atoms with van der Waals surface area (Å²) in [4.78, 5) is 8.90. The normalized spacial score (nSPS) is 11.3. The zero-order valence-corrected chi connectivity index (χ0v) is 13.8. The van der Waals surface area contributed by atoms with Crippen LogP contribution in [-0.4, -0.2) is 31.8 Å². The highest BCUT2D eigenvalue weighted by molar-refractivity contribution is 5.56. The molecular formula is C15H20N6O2. The lowest BCUT2D eigenvalue weighted by atomic mass is 10.2. The number of ether oxygens (including phenoxy) is 1. The first-order chi connectivity index (χ1) is 11.1. The van der Waals surface area contributed by atoms with Crippen molar-refractivity contribution in [3.8, 4) is 0 Å². The van der Waals surface area contributed by atoms with Crippen molar-refractivity contribution < 1.29 is 9.26 Å². The van der Waals surface area contributed by atoms with E-state index in [0.29, 0.717) is 24.9 Å². The lowest BCUT2D eigenvalue weighted by Gasteiger charge is -2.08. The van der Waals surface area contributed by atoms with Gasteiger partial charge < -0.3 is 14.6 Å². The number of hydrogen-bond donors (Lipinski definition) is 1. The molecule has 0 radical (unpaired) electrons. The number of nitrogens with zero attached hydrogens (tertiary/aromatic N) is 5. The summed E-state index contributed by atoms with van der Waals surface area (Å²) in [5.74, 6) is 1.89. The first-order valence-electron chi connectivity index (χ1n) is 7.52. The van der Waals surface area contributed by atoms with Crippen LogP contribution in [0.1, 0.15) is 35.6 Å². The van der Waals surface area contributed by atoms with Gasteiger partial charge in [-0.15, -0.1) is 0 Å². The number of hydrogen-bond acceptors (Lipinski definition) is 7. The molecule has 0 aliphatic carbocycles. The van der Waals surface area contributed by atoms with Crippen molar-refractivity contribution >= 4 is 11.5 Å². The molecule has 1 N–H and O–H groups in total. The summed E-state index contributed by atoms with van der Waals surface area (Å²) in [5.41, 5.74) is 3.93. The quantitative estimate of drug-likeness (QED) is 0.744. The molecule has 0 saturated heterocycles. The molecule has 0 aliphatic heterocycles. The monoisotopic (exact) mass is 316 g/mol. The minimum absolute atomic E-state index is 0.334. The molecule has 0 amide bonds. The van der Waals surface area contributed by atoms with Gasteiger partial charge in [-0.05, 0) is 20.3 Å². The molecule has 122 valence electrons. The summed E-state index contributed by atoms with van der Waals surface area (Å²) in [6, 6.07) is 1.99. The van der Waals surface area contributed by atoms with E-state index in [0.717, 1.165) is 34.8 Å². The largest absolute Gasteiger partial charge is 0.377 e. The molecule has 23 heavy (non-hydrogen) atoms. The van der Waals surface area contributed by atoms with Gasteiger partial charge in [0.05, 0.1) is 12.2 Å². The Bertz CT molecular complexity index is 823. The van der Waals surface area contributed by atoms with E-state index in [1.807, 2.05) is 24.4 Å². The molecule has 0 atom stereocenters. The molecule has 0 aliphatic rings. The third kappa shape index (κ3) is 3.02. The zero-order valence-electron chi connectivity index (χ0n) is 13.8. The number of anilines is 1. The number of nitrogens with one attached hydrogen (secondary N) is 1. The second-order valence-electron chi connectivity index (χ2n) is 5.32. The predicted octanol–water partition coefficient (Wildman–Crippen LogP) is 2.05. The molecule has 0 saturated carbocycles. The molecule has 0 fully saturated rings. The third-order valence-corrected chi connectivity index (χ3v) is 3.68. The molecular weight excluding hydrogens is 296 g/mol. The molecule has 0 spiro atoms. The average molecular weight is 316 g/mol. The van der Waals surface area contributed by atoms with Crippen LogP contribution in [0.25, 0.3) is 5.65 Å². The lowest BCUT2D eigenvalue weighted by molar-refractivity contribution is 0.174. The van der Waals surface area contributed by atoms with Crippen LogP contribution in [0.15, 0.2) is 10.6 Å². The standard InChI is InChI=1S/C15H20N6O2/c1-5-11-6-13(21-15(17-11)9(2)10(3)19-21)16-7-14-18-12(8-22-4)20-23-14/h6,16H,5,7-8H2,1-4H3. The first-order valence-corrected chi connectivity index (χ1v) is 7.52. The van der Waals surface area contributed by atoms with Crippen LogP contribution in [0.4, 0.5) is 5.82 Å². The Morgan fingerprint density at radius 1 is 1.30 bits per heavy atom. The maximum Gasteiger partial charge on any atom is 0.246 e. The fourth-order valence-corrected chi connectivity index (χ4v) is 2.30. The molecule has 3 heterocycles. The van der Waals surface area contributed by atoms with E-state index >= 15 is 0 Å². The lowest BCUT2D eigenvalue weighted by Crippen LogP contribution is -2.08. The maximum atomic E-state index is 5.19. The maximum absolute atomic E-state index is 5.19. The van der Waals surface area contributed by atoms with E-state index in [4.69, 9.17) is 9.26 Å². The minimum atomic E-state index is 0.334. The van der Waals surface area contributed by atoms with Gasteiger partial charge in [-0.25, -0.2) is 4.98 Å². The van der Waals surface area contributed by atoms with E-state index in [9.17, 15) is 0 Å². The molecule has 3 rings (SSSR count). The molecule has 0 unspecified atom stereocenters. The molecule has 8 heteroatoms. The molecule has 0 aromatic carbocycles. The van der Waals surface area contributed by atoms with Crippen molar-refractivity contribution in [3.63, 3.8) is 0 Å². The topological polar surface area (TPSA) is 90.4 Å². The van der Waals surface area contributed by atoms with Crippen LogP contribution in [-0.2, 0) is 24.3 Å². The van der Waals surface area contributed by atoms with E-state index < -0.39 is 0 Å². The molecule has 3 aromatic heterocycles. The van der Waals surface area contributed by atoms with Gasteiger partial charge in [-0.3, -0.25) is 0 Å². The Labute approximate surface area is 133 Å². The smallest absolute Gasteiger partial charge is 0.246 e. The number of fused-ring (bicyclic) bond motifs is 1. The minimum Gasteiger partial charge on any atom is -0.377 e. The number of aryl methyl sites for hydroxylation is 3. The Balaban J connectivity index is 1.87. The highest BCUT2D eigenvalue weighted by atomic mass is 16.5. The number of aromatic nitrogens is 5. The van der Waals surface area contributed by atoms with Crippen LogP contribution in [0, 0.1) is 13.8 Å². The summed E-state index contributed by atoms with van der Waals surface area (Å²) in [6.07, 6.45) is 0.855. The predicted molar refractivity (Wildman–Crippen MR) is 84.2 cm³/mol. The van der Waals surface area contributed by atoms with Gasteiger partial charge in [0.1, 0.15) is 12.4 Å². The average Bonchev–Trinajstić information content (AvgIpc) is 3.11. The van der Waals surface area contributed by atoms with Gasteiger partial charge in [0.25, 0.3) is 0 Å². The summed E-state index contributed by atoms with van der Waals surface area (Å²) in [7, 11) is 1.59. The van der Waals surface area contributed by atoms with E-state index in [2.05, 4.69) is 32.5 Å². The van der Waals surface area contributed by atoms with Crippen LogP contribution in [0.3, 0.4) is 0 Å². The van der Waals surface area contributed by atoms with Gasteiger partial charge in [0.15, 0.2) is 11.5 Å². The molecule has 8 nitrogen and oxygen atoms in total. The van der Waals surface area contributed by atoms with Crippen molar-refractivity contribution in [1.82, 2.24) is 24.7 Å². The van der Waals surface area contributed by atoms with Gasteiger partial charge >= 0.3 is 0 Å². The second kappa shape index (κ2) is 6.33. The fraction of sp³-hybridized carbons (Fsp3) is 0.467. The Morgan fingerprint density at radius 3 is 2.87 bits per heavy atom. The van der Waals surface area contributed by atoms with Crippen molar-refractivity contribution in [2.75, 3.05) is 12.4 Å². The third-order valence-electron chi connectivity index (χ3n) is 3.68. The highest BCUT2D eigenvalue weighted by Crippen LogP contribution is 2.19.